The quantitative estimate of drug-likeness (QED) is 0.687. The highest BCUT2D eigenvalue weighted by Gasteiger charge is 2.09. The van der Waals surface area contributed by atoms with Crippen LogP contribution in [0.25, 0.3) is 0 Å². The SMILES string of the molecule is NCc1cc(CN)cc(OP(O)OCl)c1. The van der Waals surface area contributed by atoms with Gasteiger partial charge in [-0.3, -0.25) is 0 Å². The molecule has 1 rings (SSSR count). The molecule has 0 radical (unpaired) electrons. The van der Waals surface area contributed by atoms with E-state index in [1.807, 2.05) is 6.07 Å². The Morgan fingerprint density at radius 2 is 1.73 bits per heavy atom. The predicted octanol–water partition coefficient (Wildman–Crippen LogP) is 1.37. The van der Waals surface area contributed by atoms with Crippen LogP contribution in [-0.4, -0.2) is 4.89 Å². The summed E-state index contributed by atoms with van der Waals surface area (Å²) in [6, 6.07) is 5.26. The minimum atomic E-state index is -2.11. The lowest BCUT2D eigenvalue weighted by atomic mass is 10.1. The van der Waals surface area contributed by atoms with Gasteiger partial charge in [-0.05, 0) is 23.3 Å². The largest absolute Gasteiger partial charge is 0.426 e. The fourth-order valence-electron chi connectivity index (χ4n) is 1.12. The Labute approximate surface area is 94.1 Å². The first-order chi connectivity index (χ1) is 7.19. The fraction of sp³-hybridized carbons (Fsp3) is 0.250. The number of hydrogen-bond acceptors (Lipinski definition) is 5. The summed E-state index contributed by atoms with van der Waals surface area (Å²) in [7, 11) is -2.11. The molecular weight excluding hydrogens is 239 g/mol. The highest BCUT2D eigenvalue weighted by atomic mass is 35.5. The van der Waals surface area contributed by atoms with Crippen molar-refractivity contribution < 1.29 is 13.5 Å². The fourth-order valence-corrected chi connectivity index (χ4v) is 1.52. The third-order valence-corrected chi connectivity index (χ3v) is 2.58. The molecule has 0 aromatic heterocycles. The maximum absolute atomic E-state index is 9.06. The van der Waals surface area contributed by atoms with Crippen LogP contribution in [0.2, 0.25) is 0 Å². The molecule has 15 heavy (non-hydrogen) atoms. The van der Waals surface area contributed by atoms with Gasteiger partial charge in [0.25, 0.3) is 0 Å². The lowest BCUT2D eigenvalue weighted by molar-refractivity contribution is 0.396. The standard InChI is InChI=1S/C8H12ClN2O3P/c9-14-15(12)13-8-2-6(4-10)1-7(3-8)5-11/h1-3,12H,4-5,10-11H2. The predicted molar refractivity (Wildman–Crippen MR) is 58.9 cm³/mol. The molecule has 7 heteroatoms. The van der Waals surface area contributed by atoms with Crippen molar-refractivity contribution in [1.29, 1.82) is 0 Å². The van der Waals surface area contributed by atoms with Gasteiger partial charge < -0.3 is 20.9 Å². The molecule has 0 aliphatic rings. The smallest absolute Gasteiger partial charge is 0.412 e. The van der Waals surface area contributed by atoms with Crippen molar-refractivity contribution in [3.05, 3.63) is 29.3 Å². The zero-order chi connectivity index (χ0) is 11.3. The van der Waals surface area contributed by atoms with Gasteiger partial charge in [-0.1, -0.05) is 6.07 Å². The molecule has 0 aliphatic heterocycles. The summed E-state index contributed by atoms with van der Waals surface area (Å²) in [6.07, 6.45) is 0. The normalized spacial score (nSPS) is 12.5. The molecule has 1 aromatic rings. The van der Waals surface area contributed by atoms with Crippen molar-refractivity contribution in [2.24, 2.45) is 11.5 Å². The molecule has 0 amide bonds. The van der Waals surface area contributed by atoms with Gasteiger partial charge in [0, 0.05) is 13.1 Å². The zero-order valence-electron chi connectivity index (χ0n) is 7.89. The molecule has 84 valence electrons. The van der Waals surface area contributed by atoms with Gasteiger partial charge in [0.2, 0.25) is 0 Å². The maximum atomic E-state index is 9.06. The first kappa shape index (κ1) is 12.6. The molecule has 0 saturated heterocycles. The summed E-state index contributed by atoms with van der Waals surface area (Å²) in [6.45, 7) is 0.741. The summed E-state index contributed by atoms with van der Waals surface area (Å²) >= 11 is 4.95. The zero-order valence-corrected chi connectivity index (χ0v) is 9.54. The number of hydrogen-bond donors (Lipinski definition) is 3. The van der Waals surface area contributed by atoms with Gasteiger partial charge in [-0.25, -0.2) is 0 Å². The van der Waals surface area contributed by atoms with E-state index in [1.165, 1.54) is 0 Å². The molecule has 0 bridgehead atoms. The van der Waals surface area contributed by atoms with E-state index in [2.05, 4.69) is 4.08 Å². The molecule has 0 aliphatic carbocycles. The number of nitrogens with two attached hydrogens (primary N) is 2. The number of rotatable bonds is 5. The monoisotopic (exact) mass is 250 g/mol. The van der Waals surface area contributed by atoms with Crippen LogP contribution in [0, 0.1) is 0 Å². The molecule has 5 nitrogen and oxygen atoms in total. The molecule has 1 aromatic carbocycles. The van der Waals surface area contributed by atoms with E-state index in [-0.39, 0.29) is 0 Å². The molecular formula is C8H12ClN2O3P. The van der Waals surface area contributed by atoms with Crippen LogP contribution in [0.15, 0.2) is 18.2 Å². The van der Waals surface area contributed by atoms with E-state index in [9.17, 15) is 0 Å². The first-order valence-electron chi connectivity index (χ1n) is 4.18. The van der Waals surface area contributed by atoms with Crippen LogP contribution in [0.3, 0.4) is 0 Å². The summed E-state index contributed by atoms with van der Waals surface area (Å²) in [5.74, 6) is 0.438. The molecule has 0 heterocycles. The topological polar surface area (TPSA) is 90.7 Å². The Morgan fingerprint density at radius 1 is 1.20 bits per heavy atom. The van der Waals surface area contributed by atoms with Crippen molar-refractivity contribution in [3.8, 4) is 5.75 Å². The van der Waals surface area contributed by atoms with Crippen LogP contribution in [0.4, 0.5) is 0 Å². The molecule has 1 unspecified atom stereocenters. The van der Waals surface area contributed by atoms with Crippen LogP contribution in [-0.2, 0) is 17.2 Å². The van der Waals surface area contributed by atoms with E-state index in [0.717, 1.165) is 11.1 Å². The molecule has 0 spiro atoms. The van der Waals surface area contributed by atoms with Gasteiger partial charge in [0.15, 0.2) is 0 Å². The average Bonchev–Trinajstić information content (AvgIpc) is 2.28. The summed E-state index contributed by atoms with van der Waals surface area (Å²) in [4.78, 5) is 9.06. The van der Waals surface area contributed by atoms with Crippen molar-refractivity contribution in [2.75, 3.05) is 0 Å². The second-order valence-electron chi connectivity index (χ2n) is 2.79. The van der Waals surface area contributed by atoms with Gasteiger partial charge in [0.05, 0.1) is 11.9 Å². The number of benzene rings is 1. The van der Waals surface area contributed by atoms with Gasteiger partial charge >= 0.3 is 8.60 Å². The summed E-state index contributed by atoms with van der Waals surface area (Å²) < 4.78 is 9.11. The summed E-state index contributed by atoms with van der Waals surface area (Å²) in [5.41, 5.74) is 12.7. The molecule has 5 N–H and O–H groups in total. The lowest BCUT2D eigenvalue weighted by Crippen LogP contribution is -2.02. The van der Waals surface area contributed by atoms with E-state index in [0.29, 0.717) is 18.8 Å². The van der Waals surface area contributed by atoms with Crippen molar-refractivity contribution in [1.82, 2.24) is 0 Å². The van der Waals surface area contributed by atoms with E-state index in [4.69, 9.17) is 32.8 Å². The van der Waals surface area contributed by atoms with E-state index >= 15 is 0 Å². The third-order valence-electron chi connectivity index (χ3n) is 1.74. The summed E-state index contributed by atoms with van der Waals surface area (Å²) in [5, 5.41) is 0. The van der Waals surface area contributed by atoms with Crippen molar-refractivity contribution >= 4 is 20.5 Å². The Hall–Kier alpha value is -0.420. The molecule has 1 atom stereocenters. The van der Waals surface area contributed by atoms with Gasteiger partial charge in [-0.2, -0.15) is 4.08 Å². The average molecular weight is 251 g/mol. The minimum absolute atomic E-state index is 0.370. The van der Waals surface area contributed by atoms with Crippen molar-refractivity contribution in [3.63, 3.8) is 0 Å². The Morgan fingerprint density at radius 3 is 2.13 bits per heavy atom. The van der Waals surface area contributed by atoms with Crippen LogP contribution >= 0.6 is 20.5 Å². The van der Waals surface area contributed by atoms with Gasteiger partial charge in [-0.15, -0.1) is 0 Å². The van der Waals surface area contributed by atoms with E-state index < -0.39 is 8.60 Å². The second kappa shape index (κ2) is 6.23. The maximum Gasteiger partial charge on any atom is 0.412 e. The number of halogens is 1. The highest BCUT2D eigenvalue weighted by Crippen LogP contribution is 2.36. The molecule has 0 saturated carbocycles. The second-order valence-corrected chi connectivity index (χ2v) is 4.00. The highest BCUT2D eigenvalue weighted by molar-refractivity contribution is 7.42. The van der Waals surface area contributed by atoms with Gasteiger partial charge in [0.1, 0.15) is 5.75 Å². The molecule has 0 fully saturated rings. The van der Waals surface area contributed by atoms with Crippen molar-refractivity contribution in [2.45, 2.75) is 13.1 Å². The van der Waals surface area contributed by atoms with E-state index in [1.54, 1.807) is 12.1 Å². The van der Waals surface area contributed by atoms with Crippen LogP contribution in [0.1, 0.15) is 11.1 Å². The van der Waals surface area contributed by atoms with Crippen LogP contribution in [0.5, 0.6) is 5.75 Å². The first-order valence-corrected chi connectivity index (χ1v) is 5.62. The Bertz CT molecular complexity index is 305. The lowest BCUT2D eigenvalue weighted by Gasteiger charge is -2.10. The minimum Gasteiger partial charge on any atom is -0.426 e. The third kappa shape index (κ3) is 3.91. The Balaban J connectivity index is 2.86. The Kier molecular flexibility index (Phi) is 5.25. The van der Waals surface area contributed by atoms with Crippen LogP contribution < -0.4 is 16.0 Å².